The number of ether oxygens (including phenoxy) is 2. The normalized spacial score (nSPS) is 12.5. The molecule has 0 fully saturated rings. The van der Waals surface area contributed by atoms with Gasteiger partial charge in [0.15, 0.2) is 23.9 Å². The van der Waals surface area contributed by atoms with Crippen molar-refractivity contribution in [2.24, 2.45) is 7.05 Å². The van der Waals surface area contributed by atoms with Crippen molar-refractivity contribution in [3.05, 3.63) is 108 Å². The van der Waals surface area contributed by atoms with Crippen molar-refractivity contribution in [2.45, 2.75) is 82.3 Å². The molecule has 4 rings (SSSR count). The molecule has 5 nitrogen and oxygen atoms in total. The summed E-state index contributed by atoms with van der Waals surface area (Å²) in [6, 6.07) is 17.9. The van der Waals surface area contributed by atoms with Gasteiger partial charge in [0.05, 0.1) is 5.03 Å². The standard InChI is InChI=1S/C32H34F4N3O2S.C2H6/c1-31(2,27-8-6-7-15-37-27)32(3,4)42-28-12-10-23(20-38-28)24(18-21-13-16-39(5)17-14-21)22-9-11-25(40-29(33)34)26(19-22)41-30(35)36;1-2/h6-17,19-20,24,29-30H,18H2,1-5H3;1-2H3/q+1;. The van der Waals surface area contributed by atoms with Crippen LogP contribution in [0.4, 0.5) is 17.6 Å². The van der Waals surface area contributed by atoms with Crippen molar-refractivity contribution in [1.82, 2.24) is 9.97 Å². The van der Waals surface area contributed by atoms with E-state index in [1.807, 2.05) is 80.3 Å². The van der Waals surface area contributed by atoms with Crippen LogP contribution in [0.2, 0.25) is 0 Å². The van der Waals surface area contributed by atoms with Crippen molar-refractivity contribution < 1.29 is 31.6 Å². The fourth-order valence-electron chi connectivity index (χ4n) is 4.54. The number of aryl methyl sites for hydroxylation is 1. The van der Waals surface area contributed by atoms with E-state index in [0.29, 0.717) is 12.0 Å². The van der Waals surface area contributed by atoms with Crippen LogP contribution < -0.4 is 14.0 Å². The molecule has 1 unspecified atom stereocenters. The summed E-state index contributed by atoms with van der Waals surface area (Å²) in [7, 11) is 1.91. The molecule has 0 aliphatic rings. The van der Waals surface area contributed by atoms with Crippen LogP contribution >= 0.6 is 11.8 Å². The van der Waals surface area contributed by atoms with Gasteiger partial charge in [0.25, 0.3) is 0 Å². The molecule has 1 atom stereocenters. The number of pyridine rings is 3. The summed E-state index contributed by atoms with van der Waals surface area (Å²) in [5.74, 6) is -1.24. The Morgan fingerprint density at radius 1 is 0.795 bits per heavy atom. The first kappa shape index (κ1) is 34.8. The number of thioether (sulfide) groups is 1. The van der Waals surface area contributed by atoms with Gasteiger partial charge in [0, 0.05) is 46.3 Å². The van der Waals surface area contributed by atoms with Crippen LogP contribution in [0.5, 0.6) is 11.5 Å². The van der Waals surface area contributed by atoms with E-state index in [-0.39, 0.29) is 16.1 Å². The molecular weight excluding hydrogens is 590 g/mol. The third-order valence-corrected chi connectivity index (χ3v) is 9.09. The highest BCUT2D eigenvalue weighted by Gasteiger charge is 2.40. The van der Waals surface area contributed by atoms with Crippen LogP contribution in [-0.4, -0.2) is 27.9 Å². The molecule has 3 aromatic heterocycles. The first-order valence-corrected chi connectivity index (χ1v) is 15.2. The highest BCUT2D eigenvalue weighted by molar-refractivity contribution is 8.00. The van der Waals surface area contributed by atoms with Crippen LogP contribution in [0.1, 0.15) is 69.8 Å². The van der Waals surface area contributed by atoms with Gasteiger partial charge >= 0.3 is 13.2 Å². The molecular formula is C34H40F4N3O2S+. The third kappa shape index (κ3) is 8.94. The maximum absolute atomic E-state index is 13.2. The maximum Gasteiger partial charge on any atom is 0.387 e. The minimum Gasteiger partial charge on any atom is -0.431 e. The lowest BCUT2D eigenvalue weighted by Crippen LogP contribution is -2.40. The number of aromatic nitrogens is 3. The Morgan fingerprint density at radius 3 is 2.00 bits per heavy atom. The van der Waals surface area contributed by atoms with Gasteiger partial charge in [0.2, 0.25) is 0 Å². The van der Waals surface area contributed by atoms with Gasteiger partial charge in [-0.05, 0) is 67.3 Å². The predicted octanol–water partition coefficient (Wildman–Crippen LogP) is 8.75. The Morgan fingerprint density at radius 2 is 1.43 bits per heavy atom. The lowest BCUT2D eigenvalue weighted by atomic mass is 9.77. The molecule has 3 heterocycles. The molecule has 10 heteroatoms. The molecule has 0 aliphatic carbocycles. The number of benzene rings is 1. The molecule has 0 radical (unpaired) electrons. The molecule has 236 valence electrons. The van der Waals surface area contributed by atoms with Gasteiger partial charge in [-0.25, -0.2) is 9.55 Å². The van der Waals surface area contributed by atoms with Gasteiger partial charge in [-0.2, -0.15) is 17.6 Å². The van der Waals surface area contributed by atoms with Gasteiger partial charge in [-0.1, -0.05) is 57.7 Å². The van der Waals surface area contributed by atoms with Crippen LogP contribution in [0, 0.1) is 0 Å². The fraction of sp³-hybridized carbons (Fsp3) is 0.382. The summed E-state index contributed by atoms with van der Waals surface area (Å²) < 4.78 is 62.8. The van der Waals surface area contributed by atoms with Gasteiger partial charge < -0.3 is 9.47 Å². The number of rotatable bonds is 12. The molecule has 44 heavy (non-hydrogen) atoms. The lowest BCUT2D eigenvalue weighted by molar-refractivity contribution is -0.671. The Hall–Kier alpha value is -3.66. The lowest BCUT2D eigenvalue weighted by Gasteiger charge is -2.40. The number of hydrogen-bond acceptors (Lipinski definition) is 5. The van der Waals surface area contributed by atoms with Crippen LogP contribution in [0.15, 0.2) is 90.5 Å². The monoisotopic (exact) mass is 630 g/mol. The summed E-state index contributed by atoms with van der Waals surface area (Å²) in [5, 5.41) is 0.820. The van der Waals surface area contributed by atoms with Gasteiger partial charge in [-0.3, -0.25) is 4.98 Å². The number of halogens is 4. The predicted molar refractivity (Wildman–Crippen MR) is 166 cm³/mol. The van der Waals surface area contributed by atoms with Crippen molar-refractivity contribution in [3.8, 4) is 11.5 Å². The summed E-state index contributed by atoms with van der Waals surface area (Å²) >= 11 is 1.64. The zero-order valence-electron chi connectivity index (χ0n) is 26.1. The second-order valence-electron chi connectivity index (χ2n) is 11.0. The Labute approximate surface area is 261 Å². The van der Waals surface area contributed by atoms with Crippen molar-refractivity contribution >= 4 is 11.8 Å². The van der Waals surface area contributed by atoms with Crippen LogP contribution in [-0.2, 0) is 18.9 Å². The number of alkyl halides is 4. The summed E-state index contributed by atoms with van der Waals surface area (Å²) in [5.41, 5.74) is 3.14. The summed E-state index contributed by atoms with van der Waals surface area (Å²) in [4.78, 5) is 9.34. The van der Waals surface area contributed by atoms with Gasteiger partial charge in [-0.15, -0.1) is 0 Å². The molecule has 0 N–H and O–H groups in total. The smallest absolute Gasteiger partial charge is 0.387 e. The van der Waals surface area contributed by atoms with E-state index in [2.05, 4.69) is 42.2 Å². The molecule has 0 saturated carbocycles. The quantitative estimate of drug-likeness (QED) is 0.0890. The Kier molecular flexibility index (Phi) is 12.2. The third-order valence-electron chi connectivity index (χ3n) is 7.62. The topological polar surface area (TPSA) is 48.1 Å². The zero-order chi connectivity index (χ0) is 32.5. The van der Waals surface area contributed by atoms with Crippen molar-refractivity contribution in [3.63, 3.8) is 0 Å². The van der Waals surface area contributed by atoms with Crippen LogP contribution in [0.3, 0.4) is 0 Å². The highest BCUT2D eigenvalue weighted by atomic mass is 32.2. The van der Waals surface area contributed by atoms with E-state index < -0.39 is 24.7 Å². The summed E-state index contributed by atoms with van der Waals surface area (Å²) in [6.45, 7) is 6.25. The number of nitrogens with zero attached hydrogens (tertiary/aromatic N) is 3. The molecule has 0 bridgehead atoms. The molecule has 1 aromatic carbocycles. The Bertz CT molecular complexity index is 1450. The molecule has 0 saturated heterocycles. The summed E-state index contributed by atoms with van der Waals surface area (Å²) in [6.07, 6.45) is 7.91. The van der Waals surface area contributed by atoms with Crippen molar-refractivity contribution in [2.75, 3.05) is 0 Å². The van der Waals surface area contributed by atoms with E-state index >= 15 is 0 Å². The fourth-order valence-corrected chi connectivity index (χ4v) is 5.67. The van der Waals surface area contributed by atoms with E-state index in [0.717, 1.165) is 21.8 Å². The average molecular weight is 631 g/mol. The van der Waals surface area contributed by atoms with E-state index in [1.54, 1.807) is 30.2 Å². The first-order valence-electron chi connectivity index (χ1n) is 14.4. The van der Waals surface area contributed by atoms with E-state index in [1.165, 1.54) is 12.1 Å². The van der Waals surface area contributed by atoms with Crippen molar-refractivity contribution in [1.29, 1.82) is 0 Å². The highest BCUT2D eigenvalue weighted by Crippen LogP contribution is 2.46. The second-order valence-corrected chi connectivity index (χ2v) is 12.6. The molecule has 0 aliphatic heterocycles. The Balaban J connectivity index is 0.00000259. The maximum atomic E-state index is 13.2. The van der Waals surface area contributed by atoms with E-state index in [9.17, 15) is 17.6 Å². The second kappa shape index (κ2) is 15.4. The SMILES string of the molecule is CC.C[n+]1ccc(CC(c2ccc(SC(C)(C)C(C)(C)c3ccccn3)nc2)c2ccc(OC(F)F)c(OC(F)F)c2)cc1. The molecule has 4 aromatic rings. The largest absolute Gasteiger partial charge is 0.431 e. The minimum atomic E-state index is -3.20. The molecule has 0 amide bonds. The molecule has 0 spiro atoms. The minimum absolute atomic E-state index is 0.267. The van der Waals surface area contributed by atoms with E-state index in [4.69, 9.17) is 4.98 Å². The van der Waals surface area contributed by atoms with Crippen LogP contribution in [0.25, 0.3) is 0 Å². The average Bonchev–Trinajstić information content (AvgIpc) is 2.99. The first-order chi connectivity index (χ1) is 20.9. The van der Waals surface area contributed by atoms with Gasteiger partial charge in [0.1, 0.15) is 7.05 Å². The number of hydrogen-bond donors (Lipinski definition) is 0. The zero-order valence-corrected chi connectivity index (χ0v) is 26.9.